The third-order valence-electron chi connectivity index (χ3n) is 3.06. The molecule has 1 aliphatic rings. The molecule has 0 bridgehead atoms. The second kappa shape index (κ2) is 2.60. The van der Waals surface area contributed by atoms with E-state index < -0.39 is 0 Å². The van der Waals surface area contributed by atoms with Gasteiger partial charge in [0, 0.05) is 0 Å². The average Bonchev–Trinajstić information content (AvgIpc) is 2.06. The molecule has 0 radical (unpaired) electrons. The van der Waals surface area contributed by atoms with E-state index in [1.807, 2.05) is 0 Å². The first kappa shape index (κ1) is 9.28. The van der Waals surface area contributed by atoms with Gasteiger partial charge >= 0.3 is 81.1 Å². The van der Waals surface area contributed by atoms with Gasteiger partial charge in [0.15, 0.2) is 0 Å². The minimum absolute atomic E-state index is 0.314. The molecule has 1 aliphatic carbocycles. The second-order valence-corrected chi connectivity index (χ2v) is 4.66. The Bertz CT molecular complexity index is 228. The first-order chi connectivity index (χ1) is 4.89. The van der Waals surface area contributed by atoms with Crippen molar-refractivity contribution in [1.82, 2.24) is 0 Å². The summed E-state index contributed by atoms with van der Waals surface area (Å²) in [5.41, 5.74) is 4.83. The van der Waals surface area contributed by atoms with Crippen LogP contribution in [0.2, 0.25) is 0 Å². The second-order valence-electron chi connectivity index (χ2n) is 3.88. The van der Waals surface area contributed by atoms with Crippen molar-refractivity contribution >= 4 is 0 Å². The van der Waals surface area contributed by atoms with Crippen LogP contribution in [0.4, 0.5) is 0 Å². The zero-order chi connectivity index (χ0) is 8.81. The summed E-state index contributed by atoms with van der Waals surface area (Å²) in [6.45, 7) is 11.3. The summed E-state index contributed by atoms with van der Waals surface area (Å²) < 4.78 is 1.53. The summed E-state index contributed by atoms with van der Waals surface area (Å²) in [5.74, 6) is 0. The molecule has 1 rings (SSSR count). The molecule has 11 heavy (non-hydrogen) atoms. The van der Waals surface area contributed by atoms with Crippen LogP contribution in [-0.4, -0.2) is 0 Å². The Hall–Kier alpha value is 0.194. The molecule has 0 aromatic carbocycles. The first-order valence-corrected chi connectivity index (χ1v) is 4.78. The molecular formula is C10H15Ti. The summed E-state index contributed by atoms with van der Waals surface area (Å²) in [4.78, 5) is 0. The third-order valence-corrected chi connectivity index (χ3v) is 4.62. The van der Waals surface area contributed by atoms with Crippen LogP contribution in [0.25, 0.3) is 0 Å². The van der Waals surface area contributed by atoms with Crippen molar-refractivity contribution in [3.8, 4) is 0 Å². The summed E-state index contributed by atoms with van der Waals surface area (Å²) in [6.07, 6.45) is 0. The molecule has 0 aromatic rings. The van der Waals surface area contributed by atoms with Gasteiger partial charge < -0.3 is 0 Å². The average molecular weight is 136 g/mol. The van der Waals surface area contributed by atoms with E-state index in [-0.39, 0.29) is 0 Å². The zero-order valence-corrected chi connectivity index (χ0v) is 9.56. The fourth-order valence-electron chi connectivity index (χ4n) is 1.59. The van der Waals surface area contributed by atoms with Crippen molar-refractivity contribution in [2.24, 2.45) is 5.41 Å². The number of hydrogen-bond donors (Lipinski definition) is 0. The van der Waals surface area contributed by atoms with Crippen molar-refractivity contribution in [1.29, 1.82) is 0 Å². The molecule has 0 aromatic heterocycles. The van der Waals surface area contributed by atoms with Crippen LogP contribution in [0.15, 0.2) is 20.6 Å². The fourth-order valence-corrected chi connectivity index (χ4v) is 2.18. The van der Waals surface area contributed by atoms with E-state index in [1.165, 1.54) is 20.6 Å². The minimum atomic E-state index is 0.314. The molecule has 0 unspecified atom stereocenters. The van der Waals surface area contributed by atoms with Gasteiger partial charge in [-0.1, -0.05) is 0 Å². The van der Waals surface area contributed by atoms with E-state index in [9.17, 15) is 0 Å². The Kier molecular flexibility index (Phi) is 2.20. The maximum atomic E-state index is 2.30. The Morgan fingerprint density at radius 2 is 1.45 bits per heavy atom. The SMILES string of the molecule is CC1=C(C)C(C)(C)[C]([1Ti])=C1C. The van der Waals surface area contributed by atoms with E-state index in [0.717, 1.165) is 0 Å². The van der Waals surface area contributed by atoms with Crippen LogP contribution < -0.4 is 0 Å². The van der Waals surface area contributed by atoms with Crippen molar-refractivity contribution < 1.29 is 20.4 Å². The molecule has 0 fully saturated rings. The van der Waals surface area contributed by atoms with Crippen LogP contribution in [0.1, 0.15) is 34.6 Å². The molecular weight excluding hydrogens is 121 g/mol. The quantitative estimate of drug-likeness (QED) is 0.449. The Morgan fingerprint density at radius 1 is 1.00 bits per heavy atom. The number of hydrogen-bond acceptors (Lipinski definition) is 0. The van der Waals surface area contributed by atoms with Crippen molar-refractivity contribution in [2.45, 2.75) is 34.6 Å². The molecule has 1 heteroatoms. The van der Waals surface area contributed by atoms with Gasteiger partial charge in [-0.25, -0.2) is 0 Å². The first-order valence-electron chi connectivity index (χ1n) is 4.00. The summed E-state index contributed by atoms with van der Waals surface area (Å²) in [7, 11) is 0. The predicted octanol–water partition coefficient (Wildman–Crippen LogP) is 3.18. The molecule has 0 saturated carbocycles. The molecule has 0 nitrogen and oxygen atoms in total. The number of rotatable bonds is 0. The third kappa shape index (κ3) is 1.17. The van der Waals surface area contributed by atoms with Gasteiger partial charge in [-0.2, -0.15) is 0 Å². The molecule has 0 spiro atoms. The van der Waals surface area contributed by atoms with Gasteiger partial charge in [0.25, 0.3) is 0 Å². The molecule has 0 saturated heterocycles. The Labute approximate surface area is 81.2 Å². The van der Waals surface area contributed by atoms with E-state index in [2.05, 4.69) is 55.1 Å². The van der Waals surface area contributed by atoms with Crippen molar-refractivity contribution in [3.05, 3.63) is 20.6 Å². The number of allylic oxidation sites excluding steroid dienone is 4. The molecule has 0 aliphatic heterocycles. The standard InChI is InChI=1S/C10H15.Ti/c1-7-6-10(4,5)9(3)8(7)2;/h1-5H3;/i;1-47. The van der Waals surface area contributed by atoms with E-state index in [1.54, 1.807) is 0 Å². The van der Waals surface area contributed by atoms with E-state index >= 15 is 0 Å². The monoisotopic (exact) mass is 136 g/mol. The van der Waals surface area contributed by atoms with Crippen LogP contribution in [0, 0.1) is 5.41 Å². The van der Waals surface area contributed by atoms with Crippen molar-refractivity contribution in [3.63, 3.8) is 0 Å². The van der Waals surface area contributed by atoms with E-state index in [0.29, 0.717) is 5.41 Å². The van der Waals surface area contributed by atoms with E-state index in [4.69, 9.17) is 0 Å². The zero-order valence-electron chi connectivity index (χ0n) is 8.00. The maximum absolute atomic E-state index is 2.30. The summed E-state index contributed by atoms with van der Waals surface area (Å²) >= 11 is 2.25. The normalized spacial score (nSPS) is 23.3. The Balaban J connectivity index is 3.27. The van der Waals surface area contributed by atoms with Gasteiger partial charge in [0.05, 0.1) is 0 Å². The molecule has 0 amide bonds. The van der Waals surface area contributed by atoms with Crippen LogP contribution >= 0.6 is 0 Å². The topological polar surface area (TPSA) is 0 Å². The van der Waals surface area contributed by atoms with Crippen molar-refractivity contribution in [2.75, 3.05) is 0 Å². The molecule has 0 atom stereocenters. The molecule has 59 valence electrons. The summed E-state index contributed by atoms with van der Waals surface area (Å²) in [5, 5.41) is 0. The van der Waals surface area contributed by atoms with Crippen LogP contribution in [0.5, 0.6) is 0 Å². The molecule has 0 heterocycles. The summed E-state index contributed by atoms with van der Waals surface area (Å²) in [6, 6.07) is 0. The van der Waals surface area contributed by atoms with Gasteiger partial charge in [-0.3, -0.25) is 0 Å². The van der Waals surface area contributed by atoms with Crippen LogP contribution in [0.3, 0.4) is 0 Å². The Morgan fingerprint density at radius 3 is 1.55 bits per heavy atom. The molecule has 0 N–H and O–H groups in total. The van der Waals surface area contributed by atoms with Gasteiger partial charge in [-0.05, 0) is 0 Å². The van der Waals surface area contributed by atoms with Gasteiger partial charge in [-0.15, -0.1) is 0 Å². The van der Waals surface area contributed by atoms with Crippen LogP contribution in [-0.2, 0) is 20.4 Å². The van der Waals surface area contributed by atoms with Gasteiger partial charge in [0.2, 0.25) is 0 Å². The fraction of sp³-hybridized carbons (Fsp3) is 0.600. The predicted molar refractivity (Wildman–Crippen MR) is 44.9 cm³/mol. The van der Waals surface area contributed by atoms with Gasteiger partial charge in [0.1, 0.15) is 0 Å².